The molecule has 0 bridgehead atoms. The van der Waals surface area contributed by atoms with Crippen LogP contribution < -0.4 is 5.11 Å². The first-order valence-electron chi connectivity index (χ1n) is 20.2. The summed E-state index contributed by atoms with van der Waals surface area (Å²) >= 11 is 0. The van der Waals surface area contributed by atoms with Gasteiger partial charge in [-0.15, -0.1) is 0 Å². The lowest BCUT2D eigenvalue weighted by atomic mass is 10.0. The van der Waals surface area contributed by atoms with Gasteiger partial charge in [0.15, 0.2) is 6.10 Å². The van der Waals surface area contributed by atoms with Gasteiger partial charge in [-0.05, 0) is 32.1 Å². The van der Waals surface area contributed by atoms with Crippen molar-refractivity contribution < 1.29 is 38.2 Å². The Morgan fingerprint density at radius 2 is 1.04 bits per heavy atom. The number of carboxylic acid groups (broad SMARTS) is 1. The molecular formula is C41H77NO7. The van der Waals surface area contributed by atoms with Gasteiger partial charge >= 0.3 is 11.9 Å². The fourth-order valence-corrected chi connectivity index (χ4v) is 5.96. The number of rotatable bonds is 36. The number of ether oxygens (including phenoxy) is 3. The fourth-order valence-electron chi connectivity index (χ4n) is 5.96. The summed E-state index contributed by atoms with van der Waals surface area (Å²) in [7, 11) is 5.39. The SMILES string of the molecule is CCCCCC/C=C/CCCC(=O)OC(COCCC(C(=O)[O-])[N+](C)(C)C)COC(=O)CCCCCCCCCCCCCCCCCC. The van der Waals surface area contributed by atoms with Crippen LogP contribution in [0.5, 0.6) is 0 Å². The van der Waals surface area contributed by atoms with Crippen LogP contribution in [-0.4, -0.2) is 75.5 Å². The number of quaternary nitrogens is 1. The highest BCUT2D eigenvalue weighted by Gasteiger charge is 2.25. The van der Waals surface area contributed by atoms with Crippen LogP contribution in [0.4, 0.5) is 0 Å². The highest BCUT2D eigenvalue weighted by atomic mass is 16.6. The third kappa shape index (κ3) is 31.8. The first kappa shape index (κ1) is 47.1. The van der Waals surface area contributed by atoms with E-state index in [0.717, 1.165) is 32.1 Å². The summed E-state index contributed by atoms with van der Waals surface area (Å²) in [4.78, 5) is 36.6. The lowest BCUT2D eigenvalue weighted by molar-refractivity contribution is -0.889. The molecule has 2 unspecified atom stereocenters. The zero-order valence-electron chi connectivity index (χ0n) is 32.6. The number of nitrogens with zero attached hydrogens (tertiary/aromatic N) is 1. The summed E-state index contributed by atoms with van der Waals surface area (Å²) < 4.78 is 17.0. The molecule has 0 aliphatic heterocycles. The van der Waals surface area contributed by atoms with Crippen molar-refractivity contribution in [1.29, 1.82) is 0 Å². The van der Waals surface area contributed by atoms with E-state index in [0.29, 0.717) is 12.8 Å². The smallest absolute Gasteiger partial charge is 0.306 e. The standard InChI is InChI=1S/C41H77NO7/c1-6-8-10-12-14-16-17-18-19-20-21-22-24-25-27-29-31-39(43)48-36-37(35-47-34-33-38(41(45)46)42(3,4)5)49-40(44)32-30-28-26-23-15-13-11-9-7-2/h23,26,37-38H,6-22,24-25,27-36H2,1-5H3/b26-23+. The van der Waals surface area contributed by atoms with Crippen molar-refractivity contribution in [2.24, 2.45) is 0 Å². The van der Waals surface area contributed by atoms with Gasteiger partial charge in [0.1, 0.15) is 12.6 Å². The maximum Gasteiger partial charge on any atom is 0.306 e. The molecule has 8 nitrogen and oxygen atoms in total. The number of likely N-dealkylation sites (N-methyl/N-ethyl adjacent to an activating group) is 1. The number of unbranched alkanes of at least 4 members (excludes halogenated alkanes) is 20. The van der Waals surface area contributed by atoms with Crippen molar-refractivity contribution in [1.82, 2.24) is 0 Å². The van der Waals surface area contributed by atoms with Crippen molar-refractivity contribution in [3.05, 3.63) is 12.2 Å². The van der Waals surface area contributed by atoms with Gasteiger partial charge in [0.2, 0.25) is 0 Å². The molecule has 0 saturated carbocycles. The molecule has 8 heteroatoms. The number of carbonyl (C=O) groups is 3. The lowest BCUT2D eigenvalue weighted by Gasteiger charge is -2.34. The first-order valence-corrected chi connectivity index (χ1v) is 20.2. The quantitative estimate of drug-likeness (QED) is 0.0279. The predicted octanol–water partition coefficient (Wildman–Crippen LogP) is 9.02. The molecule has 0 aliphatic carbocycles. The molecule has 0 spiro atoms. The van der Waals surface area contributed by atoms with E-state index in [4.69, 9.17) is 14.2 Å². The number of hydrogen-bond donors (Lipinski definition) is 0. The topological polar surface area (TPSA) is 102 Å². The lowest BCUT2D eigenvalue weighted by Crippen LogP contribution is -2.55. The van der Waals surface area contributed by atoms with Gasteiger partial charge in [-0.2, -0.15) is 0 Å². The van der Waals surface area contributed by atoms with Crippen molar-refractivity contribution in [2.45, 2.75) is 193 Å². The Kier molecular flexibility index (Phi) is 31.9. The molecule has 0 heterocycles. The second kappa shape index (κ2) is 33.2. The maximum atomic E-state index is 12.6. The minimum atomic E-state index is -1.13. The van der Waals surface area contributed by atoms with Crippen LogP contribution in [0, 0.1) is 0 Å². The van der Waals surface area contributed by atoms with Gasteiger partial charge in [0, 0.05) is 19.3 Å². The highest BCUT2D eigenvalue weighted by Crippen LogP contribution is 2.15. The van der Waals surface area contributed by atoms with Crippen LogP contribution in [0.1, 0.15) is 181 Å². The largest absolute Gasteiger partial charge is 0.544 e. The van der Waals surface area contributed by atoms with Gasteiger partial charge in [-0.25, -0.2) is 0 Å². The van der Waals surface area contributed by atoms with Crippen LogP contribution in [0.2, 0.25) is 0 Å². The van der Waals surface area contributed by atoms with E-state index in [-0.39, 0.29) is 49.1 Å². The van der Waals surface area contributed by atoms with Crippen LogP contribution in [-0.2, 0) is 28.6 Å². The number of hydrogen-bond acceptors (Lipinski definition) is 7. The number of esters is 2. The number of aliphatic carboxylic acids is 1. The molecule has 0 amide bonds. The molecule has 0 aromatic heterocycles. The van der Waals surface area contributed by atoms with Crippen LogP contribution in [0.3, 0.4) is 0 Å². The molecule has 0 aromatic carbocycles. The summed E-state index contributed by atoms with van der Waals surface area (Å²) in [5.41, 5.74) is 0. The molecule has 0 rings (SSSR count). The maximum absolute atomic E-state index is 12.6. The van der Waals surface area contributed by atoms with Crippen molar-refractivity contribution in [3.63, 3.8) is 0 Å². The molecule has 49 heavy (non-hydrogen) atoms. The first-order chi connectivity index (χ1) is 23.6. The summed E-state index contributed by atoms with van der Waals surface area (Å²) in [5, 5.41) is 11.6. The van der Waals surface area contributed by atoms with E-state index in [9.17, 15) is 19.5 Å². The van der Waals surface area contributed by atoms with Crippen molar-refractivity contribution >= 4 is 17.9 Å². The number of carboxylic acids is 1. The Morgan fingerprint density at radius 1 is 0.592 bits per heavy atom. The van der Waals surface area contributed by atoms with Crippen LogP contribution in [0.25, 0.3) is 0 Å². The van der Waals surface area contributed by atoms with E-state index in [1.807, 2.05) is 0 Å². The zero-order chi connectivity index (χ0) is 36.4. The molecule has 0 aromatic rings. The van der Waals surface area contributed by atoms with Gasteiger partial charge < -0.3 is 28.6 Å². The van der Waals surface area contributed by atoms with Crippen molar-refractivity contribution in [3.8, 4) is 0 Å². The predicted molar refractivity (Wildman–Crippen MR) is 199 cm³/mol. The zero-order valence-corrected chi connectivity index (χ0v) is 32.6. The molecule has 0 N–H and O–H groups in total. The summed E-state index contributed by atoms with van der Waals surface area (Å²) in [5.74, 6) is -1.77. The molecule has 2 atom stereocenters. The Balaban J connectivity index is 4.32. The number of allylic oxidation sites excluding steroid dienone is 2. The normalized spacial score (nSPS) is 13.1. The number of carbonyl (C=O) groups excluding carboxylic acids is 3. The third-order valence-electron chi connectivity index (χ3n) is 9.15. The van der Waals surface area contributed by atoms with E-state index < -0.39 is 18.1 Å². The highest BCUT2D eigenvalue weighted by molar-refractivity contribution is 5.70. The average Bonchev–Trinajstić information content (AvgIpc) is 3.05. The van der Waals surface area contributed by atoms with E-state index in [2.05, 4.69) is 26.0 Å². The second-order valence-electron chi connectivity index (χ2n) is 14.9. The molecule has 0 fully saturated rings. The Bertz CT molecular complexity index is 823. The Hall–Kier alpha value is -1.93. The monoisotopic (exact) mass is 696 g/mol. The fraction of sp³-hybridized carbons (Fsp3) is 0.878. The molecule has 288 valence electrons. The van der Waals surface area contributed by atoms with Gasteiger partial charge in [-0.3, -0.25) is 9.59 Å². The molecule has 0 radical (unpaired) electrons. The van der Waals surface area contributed by atoms with Gasteiger partial charge in [0.05, 0.1) is 40.3 Å². The van der Waals surface area contributed by atoms with Gasteiger partial charge in [0.25, 0.3) is 0 Å². The Labute approximate surface area is 301 Å². The molecule has 0 saturated heterocycles. The van der Waals surface area contributed by atoms with Crippen LogP contribution >= 0.6 is 0 Å². The summed E-state index contributed by atoms with van der Waals surface area (Å²) in [6.45, 7) is 4.60. The van der Waals surface area contributed by atoms with E-state index in [1.165, 1.54) is 109 Å². The van der Waals surface area contributed by atoms with E-state index >= 15 is 0 Å². The summed E-state index contributed by atoms with van der Waals surface area (Å²) in [6.07, 6.45) is 32.5. The second-order valence-corrected chi connectivity index (χ2v) is 14.9. The Morgan fingerprint density at radius 3 is 1.53 bits per heavy atom. The van der Waals surface area contributed by atoms with Crippen LogP contribution in [0.15, 0.2) is 12.2 Å². The van der Waals surface area contributed by atoms with Crippen molar-refractivity contribution in [2.75, 3.05) is 41.0 Å². The minimum absolute atomic E-state index is 0.0344. The third-order valence-corrected chi connectivity index (χ3v) is 9.15. The minimum Gasteiger partial charge on any atom is -0.544 e. The molecule has 0 aliphatic rings. The van der Waals surface area contributed by atoms with Gasteiger partial charge in [-0.1, -0.05) is 142 Å². The summed E-state index contributed by atoms with van der Waals surface area (Å²) in [6, 6.07) is -0.724. The van der Waals surface area contributed by atoms with E-state index in [1.54, 1.807) is 21.1 Å². The average molecular weight is 696 g/mol. The molecular weight excluding hydrogens is 618 g/mol.